The number of halogens is 2. The van der Waals surface area contributed by atoms with Crippen LogP contribution in [0.4, 0.5) is 4.39 Å². The fourth-order valence-corrected chi connectivity index (χ4v) is 4.19. The number of hydrogen-bond donors (Lipinski definition) is 2. The Kier molecular flexibility index (Phi) is 7.82. The SMILES string of the molecule is CN=C(NCc1cc(F)ccc1CS(C)(=O)=O)NCC1Cc2ccccc21.I. The van der Waals surface area contributed by atoms with Crippen LogP contribution in [0.25, 0.3) is 0 Å². The zero-order chi connectivity index (χ0) is 19.4. The fraction of sp³-hybridized carbons (Fsp3) is 0.350. The summed E-state index contributed by atoms with van der Waals surface area (Å²) in [6.45, 7) is 1.06. The smallest absolute Gasteiger partial charge is 0.191 e. The van der Waals surface area contributed by atoms with Gasteiger partial charge in [-0.25, -0.2) is 12.8 Å². The third kappa shape index (κ3) is 5.91. The molecular weight excluding hydrogens is 492 g/mol. The molecule has 0 saturated heterocycles. The van der Waals surface area contributed by atoms with Gasteiger partial charge in [-0.3, -0.25) is 4.99 Å². The molecule has 2 aromatic rings. The first-order valence-corrected chi connectivity index (χ1v) is 10.9. The van der Waals surface area contributed by atoms with Crippen molar-refractivity contribution in [3.05, 3.63) is 70.5 Å². The predicted octanol–water partition coefficient (Wildman–Crippen LogP) is 2.99. The minimum atomic E-state index is -3.20. The summed E-state index contributed by atoms with van der Waals surface area (Å²) >= 11 is 0. The highest BCUT2D eigenvalue weighted by atomic mass is 127. The van der Waals surface area contributed by atoms with Crippen LogP contribution in [0.1, 0.15) is 28.2 Å². The Morgan fingerprint density at radius 3 is 2.61 bits per heavy atom. The van der Waals surface area contributed by atoms with E-state index in [9.17, 15) is 12.8 Å². The number of benzene rings is 2. The minimum absolute atomic E-state index is 0. The highest BCUT2D eigenvalue weighted by Gasteiger charge is 2.25. The van der Waals surface area contributed by atoms with Crippen LogP contribution in [-0.2, 0) is 28.6 Å². The van der Waals surface area contributed by atoms with E-state index in [0.717, 1.165) is 13.0 Å². The first kappa shape index (κ1) is 22.6. The van der Waals surface area contributed by atoms with Crippen molar-refractivity contribution in [3.63, 3.8) is 0 Å². The van der Waals surface area contributed by atoms with E-state index in [4.69, 9.17) is 0 Å². The number of rotatable bonds is 6. The zero-order valence-electron chi connectivity index (χ0n) is 15.9. The maximum atomic E-state index is 13.6. The molecule has 1 aliphatic carbocycles. The van der Waals surface area contributed by atoms with Gasteiger partial charge in [0.05, 0.1) is 5.75 Å². The summed E-state index contributed by atoms with van der Waals surface area (Å²) in [6.07, 6.45) is 2.22. The molecule has 0 radical (unpaired) electrons. The third-order valence-electron chi connectivity index (χ3n) is 4.73. The van der Waals surface area contributed by atoms with Crippen LogP contribution in [-0.4, -0.2) is 34.2 Å². The Hall–Kier alpha value is -1.68. The van der Waals surface area contributed by atoms with Gasteiger partial charge in [-0.05, 0) is 40.8 Å². The van der Waals surface area contributed by atoms with Gasteiger partial charge in [0.2, 0.25) is 0 Å². The largest absolute Gasteiger partial charge is 0.356 e. The molecule has 0 spiro atoms. The molecule has 2 aromatic carbocycles. The van der Waals surface area contributed by atoms with Crippen LogP contribution < -0.4 is 10.6 Å². The monoisotopic (exact) mass is 517 g/mol. The lowest BCUT2D eigenvalue weighted by Crippen LogP contribution is -2.41. The van der Waals surface area contributed by atoms with E-state index < -0.39 is 15.7 Å². The summed E-state index contributed by atoms with van der Waals surface area (Å²) < 4.78 is 36.8. The summed E-state index contributed by atoms with van der Waals surface area (Å²) in [7, 11) is -1.52. The van der Waals surface area contributed by atoms with Gasteiger partial charge in [-0.1, -0.05) is 30.3 Å². The first-order valence-electron chi connectivity index (χ1n) is 8.83. The molecule has 2 N–H and O–H groups in total. The van der Waals surface area contributed by atoms with E-state index in [-0.39, 0.29) is 29.7 Å². The number of guanidine groups is 1. The Morgan fingerprint density at radius 2 is 1.93 bits per heavy atom. The van der Waals surface area contributed by atoms with Crippen LogP contribution in [0.5, 0.6) is 0 Å². The molecule has 0 aliphatic heterocycles. The van der Waals surface area contributed by atoms with Gasteiger partial charge in [0.1, 0.15) is 5.82 Å². The van der Waals surface area contributed by atoms with Gasteiger partial charge in [0.25, 0.3) is 0 Å². The zero-order valence-corrected chi connectivity index (χ0v) is 19.1. The van der Waals surface area contributed by atoms with Crippen molar-refractivity contribution in [3.8, 4) is 0 Å². The molecule has 0 heterocycles. The quantitative estimate of drug-likeness (QED) is 0.351. The van der Waals surface area contributed by atoms with Crippen molar-refractivity contribution in [2.75, 3.05) is 19.8 Å². The summed E-state index contributed by atoms with van der Waals surface area (Å²) in [5.74, 6) is 0.552. The Bertz CT molecular complexity index is 964. The predicted molar refractivity (Wildman–Crippen MR) is 121 cm³/mol. The molecule has 152 valence electrons. The molecule has 1 aliphatic rings. The molecule has 3 rings (SSSR count). The molecule has 0 bridgehead atoms. The van der Waals surface area contributed by atoms with Gasteiger partial charge in [0.15, 0.2) is 15.8 Å². The molecule has 0 fully saturated rings. The van der Waals surface area contributed by atoms with Gasteiger partial charge < -0.3 is 10.6 Å². The highest BCUT2D eigenvalue weighted by molar-refractivity contribution is 14.0. The van der Waals surface area contributed by atoms with Crippen LogP contribution in [0.15, 0.2) is 47.5 Å². The lowest BCUT2D eigenvalue weighted by atomic mass is 9.78. The number of nitrogens with one attached hydrogen (secondary N) is 2. The minimum Gasteiger partial charge on any atom is -0.356 e. The number of nitrogens with zero attached hydrogens (tertiary/aromatic N) is 1. The fourth-order valence-electron chi connectivity index (χ4n) is 3.35. The molecule has 0 saturated carbocycles. The van der Waals surface area contributed by atoms with E-state index in [1.807, 2.05) is 6.07 Å². The Morgan fingerprint density at radius 1 is 1.18 bits per heavy atom. The second-order valence-corrected chi connectivity index (χ2v) is 9.03. The van der Waals surface area contributed by atoms with Crippen molar-refractivity contribution in [1.29, 1.82) is 0 Å². The van der Waals surface area contributed by atoms with Crippen molar-refractivity contribution < 1.29 is 12.8 Å². The molecule has 1 atom stereocenters. The number of hydrogen-bond acceptors (Lipinski definition) is 3. The average Bonchev–Trinajstić information content (AvgIpc) is 2.59. The van der Waals surface area contributed by atoms with E-state index in [1.165, 1.54) is 35.6 Å². The molecule has 5 nitrogen and oxygen atoms in total. The molecule has 1 unspecified atom stereocenters. The van der Waals surface area contributed by atoms with Crippen molar-refractivity contribution in [2.45, 2.75) is 24.6 Å². The van der Waals surface area contributed by atoms with Crippen LogP contribution in [0.2, 0.25) is 0 Å². The number of aliphatic imine (C=N–C) groups is 1. The topological polar surface area (TPSA) is 70.6 Å². The summed E-state index contributed by atoms with van der Waals surface area (Å²) in [5.41, 5.74) is 3.95. The van der Waals surface area contributed by atoms with Crippen molar-refractivity contribution >= 4 is 39.8 Å². The van der Waals surface area contributed by atoms with E-state index in [2.05, 4.69) is 33.8 Å². The summed E-state index contributed by atoms with van der Waals surface area (Å²) in [4.78, 5) is 4.20. The Labute approximate surface area is 182 Å². The van der Waals surface area contributed by atoms with Gasteiger partial charge in [-0.2, -0.15) is 0 Å². The van der Waals surface area contributed by atoms with Crippen molar-refractivity contribution in [2.24, 2.45) is 4.99 Å². The number of sulfone groups is 1. The maximum Gasteiger partial charge on any atom is 0.191 e. The normalized spacial score (nSPS) is 15.8. The first-order chi connectivity index (χ1) is 12.9. The average molecular weight is 517 g/mol. The lowest BCUT2D eigenvalue weighted by molar-refractivity contribution is 0.583. The van der Waals surface area contributed by atoms with E-state index in [0.29, 0.717) is 29.5 Å². The van der Waals surface area contributed by atoms with Gasteiger partial charge in [0, 0.05) is 32.3 Å². The van der Waals surface area contributed by atoms with Crippen LogP contribution in [0.3, 0.4) is 0 Å². The van der Waals surface area contributed by atoms with Crippen molar-refractivity contribution in [1.82, 2.24) is 10.6 Å². The second-order valence-electron chi connectivity index (χ2n) is 6.89. The standard InChI is InChI=1S/C20H24FN3O2S.HI/c1-22-20(24-12-17-9-14-5-3-4-6-19(14)17)23-11-16-10-18(21)8-7-15(16)13-27(2,25)26;/h3-8,10,17H,9,11-13H2,1-2H3,(H2,22,23,24);1H. The molecular formula is C20H25FIN3O2S. The van der Waals surface area contributed by atoms with Crippen LogP contribution >= 0.6 is 24.0 Å². The molecule has 8 heteroatoms. The summed E-state index contributed by atoms with van der Waals surface area (Å²) in [6, 6.07) is 12.6. The Balaban J connectivity index is 0.00000280. The van der Waals surface area contributed by atoms with Gasteiger partial charge in [-0.15, -0.1) is 24.0 Å². The highest BCUT2D eigenvalue weighted by Crippen LogP contribution is 2.33. The van der Waals surface area contributed by atoms with E-state index >= 15 is 0 Å². The molecule has 28 heavy (non-hydrogen) atoms. The lowest BCUT2D eigenvalue weighted by Gasteiger charge is -2.30. The van der Waals surface area contributed by atoms with Gasteiger partial charge >= 0.3 is 0 Å². The summed E-state index contributed by atoms with van der Waals surface area (Å²) in [5, 5.41) is 6.44. The molecule has 0 aromatic heterocycles. The maximum absolute atomic E-state index is 13.6. The number of fused-ring (bicyclic) bond motifs is 1. The third-order valence-corrected chi connectivity index (χ3v) is 5.57. The van der Waals surface area contributed by atoms with E-state index in [1.54, 1.807) is 7.05 Å². The van der Waals surface area contributed by atoms with Crippen LogP contribution in [0, 0.1) is 5.82 Å². The molecule has 0 amide bonds. The second kappa shape index (κ2) is 9.69.